The van der Waals surface area contributed by atoms with Gasteiger partial charge in [-0.2, -0.15) is 4.31 Å². The zero-order valence-electron chi connectivity index (χ0n) is 22.0. The summed E-state index contributed by atoms with van der Waals surface area (Å²) in [6, 6.07) is 10.4. The van der Waals surface area contributed by atoms with E-state index in [-0.39, 0.29) is 49.8 Å². The molecule has 3 heterocycles. The Bertz CT molecular complexity index is 1530. The number of hydrogen-bond acceptors (Lipinski definition) is 7. The number of ether oxygens (including phenoxy) is 2. The second-order valence-corrected chi connectivity index (χ2v) is 11.7. The first kappa shape index (κ1) is 28.8. The van der Waals surface area contributed by atoms with Gasteiger partial charge in [0.05, 0.1) is 6.61 Å². The molecule has 2 saturated heterocycles. The number of benzene rings is 2. The topological polar surface area (TPSA) is 118 Å². The van der Waals surface area contributed by atoms with Gasteiger partial charge in [0.1, 0.15) is 23.7 Å². The first-order valence-corrected chi connectivity index (χ1v) is 14.3. The largest absolute Gasteiger partial charge is 0.573 e. The lowest BCUT2D eigenvalue weighted by Crippen LogP contribution is -2.50. The number of piperidine rings is 1. The van der Waals surface area contributed by atoms with Gasteiger partial charge in [0.15, 0.2) is 0 Å². The standard InChI is InChI=1S/C27H27F3N4O6S/c1-18-15-21(34-12-13-39-17-23(34)35)6-5-19(18)7-14-41(37,38)33-10-8-26(9-11-33)25(36)31-24(32-26)20-3-2-4-22(16-20)40-27(28,29)30/h2-7,14-16H,8-13,17H2,1H3,(H,31,32,36). The van der Waals surface area contributed by atoms with Crippen LogP contribution in [0.2, 0.25) is 0 Å². The van der Waals surface area contributed by atoms with Crippen LogP contribution in [0.3, 0.4) is 0 Å². The Morgan fingerprint density at radius 1 is 1.10 bits per heavy atom. The van der Waals surface area contributed by atoms with Gasteiger partial charge in [-0.3, -0.25) is 14.6 Å². The summed E-state index contributed by atoms with van der Waals surface area (Å²) >= 11 is 0. The lowest BCUT2D eigenvalue weighted by Gasteiger charge is -2.34. The molecule has 3 aliphatic rings. The fourth-order valence-corrected chi connectivity index (χ4v) is 6.18. The average molecular weight is 593 g/mol. The molecule has 2 aromatic rings. The molecule has 0 bridgehead atoms. The molecule has 0 aromatic heterocycles. The van der Waals surface area contributed by atoms with E-state index in [2.05, 4.69) is 15.0 Å². The van der Waals surface area contributed by atoms with Gasteiger partial charge in [-0.1, -0.05) is 18.2 Å². The lowest BCUT2D eigenvalue weighted by atomic mass is 9.89. The van der Waals surface area contributed by atoms with Gasteiger partial charge in [-0.15, -0.1) is 13.2 Å². The van der Waals surface area contributed by atoms with E-state index in [0.29, 0.717) is 24.4 Å². The number of sulfonamides is 1. The van der Waals surface area contributed by atoms with Crippen molar-refractivity contribution in [2.45, 2.75) is 31.7 Å². The Morgan fingerprint density at radius 2 is 1.85 bits per heavy atom. The van der Waals surface area contributed by atoms with E-state index >= 15 is 0 Å². The molecule has 0 atom stereocenters. The first-order chi connectivity index (χ1) is 19.4. The smallest absolute Gasteiger partial charge is 0.406 e. The summed E-state index contributed by atoms with van der Waals surface area (Å²) in [6.07, 6.45) is -3.15. The predicted octanol–water partition coefficient (Wildman–Crippen LogP) is 2.97. The Kier molecular flexibility index (Phi) is 7.66. The number of halogens is 3. The van der Waals surface area contributed by atoms with Crippen LogP contribution in [-0.2, 0) is 24.3 Å². The number of amidine groups is 1. The van der Waals surface area contributed by atoms with Crippen LogP contribution in [0.4, 0.5) is 18.9 Å². The number of morpholine rings is 1. The Balaban J connectivity index is 1.25. The number of rotatable bonds is 6. The van der Waals surface area contributed by atoms with Gasteiger partial charge in [-0.05, 0) is 61.2 Å². The van der Waals surface area contributed by atoms with Crippen LogP contribution in [0.5, 0.6) is 5.75 Å². The maximum atomic E-state index is 13.1. The van der Waals surface area contributed by atoms with E-state index in [1.165, 1.54) is 22.5 Å². The number of hydrogen-bond donors (Lipinski definition) is 1. The number of amides is 2. The van der Waals surface area contributed by atoms with Crippen molar-refractivity contribution in [1.29, 1.82) is 0 Å². The minimum atomic E-state index is -4.86. The van der Waals surface area contributed by atoms with Crippen LogP contribution in [0.1, 0.15) is 29.5 Å². The van der Waals surface area contributed by atoms with Gasteiger partial charge in [0.2, 0.25) is 10.0 Å². The highest BCUT2D eigenvalue weighted by Crippen LogP contribution is 2.33. The minimum absolute atomic E-state index is 0.0223. The van der Waals surface area contributed by atoms with E-state index in [4.69, 9.17) is 4.74 Å². The Hall–Kier alpha value is -3.75. The summed E-state index contributed by atoms with van der Waals surface area (Å²) in [6.45, 7) is 2.80. The van der Waals surface area contributed by atoms with E-state index in [1.807, 2.05) is 13.0 Å². The molecular weight excluding hydrogens is 565 g/mol. The summed E-state index contributed by atoms with van der Waals surface area (Å²) < 4.78 is 74.3. The van der Waals surface area contributed by atoms with Crippen molar-refractivity contribution in [3.8, 4) is 5.75 Å². The van der Waals surface area contributed by atoms with Crippen molar-refractivity contribution in [3.63, 3.8) is 0 Å². The number of aliphatic imine (C=N–C) groups is 1. The molecule has 5 rings (SSSR count). The molecule has 2 amide bonds. The third kappa shape index (κ3) is 6.29. The molecule has 14 heteroatoms. The molecule has 0 radical (unpaired) electrons. The van der Waals surface area contributed by atoms with Crippen molar-refractivity contribution in [1.82, 2.24) is 9.62 Å². The second kappa shape index (κ2) is 10.9. The number of carbonyl (C=O) groups excluding carboxylic acids is 2. The fraction of sp³-hybridized carbons (Fsp3) is 0.370. The number of anilines is 1. The zero-order chi connectivity index (χ0) is 29.4. The van der Waals surface area contributed by atoms with Crippen LogP contribution >= 0.6 is 0 Å². The zero-order valence-corrected chi connectivity index (χ0v) is 22.8. The summed E-state index contributed by atoms with van der Waals surface area (Å²) in [4.78, 5) is 31.1. The Labute approximate surface area is 234 Å². The number of aryl methyl sites for hydroxylation is 1. The van der Waals surface area contributed by atoms with E-state index in [1.54, 1.807) is 17.0 Å². The van der Waals surface area contributed by atoms with E-state index in [9.17, 15) is 31.2 Å². The van der Waals surface area contributed by atoms with Gasteiger partial charge in [-0.25, -0.2) is 8.42 Å². The molecule has 1 spiro atoms. The number of carbonyl (C=O) groups is 2. The van der Waals surface area contributed by atoms with Crippen LogP contribution in [0, 0.1) is 6.92 Å². The van der Waals surface area contributed by atoms with Gasteiger partial charge in [0, 0.05) is 36.3 Å². The molecule has 2 fully saturated rings. The van der Waals surface area contributed by atoms with E-state index in [0.717, 1.165) is 23.1 Å². The SMILES string of the molecule is Cc1cc(N2CCOCC2=O)ccc1C=CS(=O)(=O)N1CCC2(CC1)N=C(c1cccc(OC(F)(F)F)c1)NC2=O. The monoisotopic (exact) mass is 592 g/mol. The molecule has 0 unspecified atom stereocenters. The average Bonchev–Trinajstić information content (AvgIpc) is 3.23. The third-order valence-electron chi connectivity index (χ3n) is 7.20. The summed E-state index contributed by atoms with van der Waals surface area (Å²) in [5, 5.41) is 3.73. The molecule has 0 saturated carbocycles. The summed E-state index contributed by atoms with van der Waals surface area (Å²) in [7, 11) is -3.82. The van der Waals surface area contributed by atoms with E-state index < -0.39 is 33.6 Å². The van der Waals surface area contributed by atoms with Crippen LogP contribution < -0.4 is 15.0 Å². The highest BCUT2D eigenvalue weighted by atomic mass is 32.2. The fourth-order valence-electron chi connectivity index (χ4n) is 4.99. The first-order valence-electron chi connectivity index (χ1n) is 12.8. The summed E-state index contributed by atoms with van der Waals surface area (Å²) in [5.74, 6) is -0.908. The van der Waals surface area contributed by atoms with Gasteiger partial charge in [0.25, 0.3) is 11.8 Å². The van der Waals surface area contributed by atoms with Crippen molar-refractivity contribution >= 4 is 39.4 Å². The van der Waals surface area contributed by atoms with Crippen LogP contribution in [-0.4, -0.2) is 75.1 Å². The lowest BCUT2D eigenvalue weighted by molar-refractivity contribution is -0.274. The molecular formula is C27H27F3N4O6S. The van der Waals surface area contributed by atoms with Crippen molar-refractivity contribution in [2.75, 3.05) is 37.7 Å². The maximum absolute atomic E-state index is 13.1. The highest BCUT2D eigenvalue weighted by molar-refractivity contribution is 7.92. The summed E-state index contributed by atoms with van der Waals surface area (Å²) in [5.41, 5.74) is 1.21. The highest BCUT2D eigenvalue weighted by Gasteiger charge is 2.47. The number of alkyl halides is 3. The maximum Gasteiger partial charge on any atom is 0.573 e. The molecule has 1 N–H and O–H groups in total. The van der Waals surface area contributed by atoms with Crippen LogP contribution in [0.25, 0.3) is 6.08 Å². The number of nitrogens with one attached hydrogen (secondary N) is 1. The van der Waals surface area contributed by atoms with Crippen molar-refractivity contribution < 1.29 is 40.7 Å². The molecule has 41 heavy (non-hydrogen) atoms. The van der Waals surface area contributed by atoms with Crippen molar-refractivity contribution in [2.24, 2.45) is 4.99 Å². The molecule has 2 aromatic carbocycles. The predicted molar refractivity (Wildman–Crippen MR) is 144 cm³/mol. The second-order valence-electron chi connectivity index (χ2n) is 9.91. The molecule has 218 valence electrons. The third-order valence-corrected chi connectivity index (χ3v) is 8.77. The molecule has 10 nitrogen and oxygen atoms in total. The molecule has 3 aliphatic heterocycles. The van der Waals surface area contributed by atoms with Crippen LogP contribution in [0.15, 0.2) is 52.9 Å². The number of nitrogens with zero attached hydrogens (tertiary/aromatic N) is 3. The normalized spacial score (nSPS) is 20.0. The minimum Gasteiger partial charge on any atom is -0.406 e. The van der Waals surface area contributed by atoms with Gasteiger partial charge < -0.3 is 19.7 Å². The van der Waals surface area contributed by atoms with Gasteiger partial charge >= 0.3 is 6.36 Å². The quantitative estimate of drug-likeness (QED) is 0.552. The Morgan fingerprint density at radius 3 is 2.54 bits per heavy atom. The van der Waals surface area contributed by atoms with Crippen molar-refractivity contribution in [3.05, 3.63) is 64.6 Å². The molecule has 0 aliphatic carbocycles.